The van der Waals surface area contributed by atoms with Crippen molar-refractivity contribution >= 4 is 5.96 Å². The third-order valence-electron chi connectivity index (χ3n) is 3.06. The van der Waals surface area contributed by atoms with E-state index in [0.717, 1.165) is 38.7 Å². The fourth-order valence-electron chi connectivity index (χ4n) is 1.91. The zero-order chi connectivity index (χ0) is 12.1. The standard InChI is InChI=1S/C12H24N4O/c1-3-13-12(15-10-4-5-10)14-8-11-9-16(2)6-7-17-11/h10-11H,3-9H2,1-2H3,(H2,13,14,15). The van der Waals surface area contributed by atoms with E-state index < -0.39 is 0 Å². The van der Waals surface area contributed by atoms with E-state index in [1.807, 2.05) is 0 Å². The van der Waals surface area contributed by atoms with Gasteiger partial charge in [0, 0.05) is 25.7 Å². The van der Waals surface area contributed by atoms with Crippen LogP contribution in [-0.4, -0.2) is 62.8 Å². The van der Waals surface area contributed by atoms with E-state index in [2.05, 4.69) is 34.5 Å². The summed E-state index contributed by atoms with van der Waals surface area (Å²) < 4.78 is 5.69. The molecule has 5 nitrogen and oxygen atoms in total. The van der Waals surface area contributed by atoms with Crippen molar-refractivity contribution < 1.29 is 4.74 Å². The van der Waals surface area contributed by atoms with Gasteiger partial charge < -0.3 is 20.3 Å². The molecule has 1 aliphatic carbocycles. The Morgan fingerprint density at radius 3 is 2.94 bits per heavy atom. The first-order valence-electron chi connectivity index (χ1n) is 6.63. The summed E-state index contributed by atoms with van der Waals surface area (Å²) in [4.78, 5) is 6.89. The molecule has 0 spiro atoms. The summed E-state index contributed by atoms with van der Waals surface area (Å²) in [5.74, 6) is 0.937. The molecule has 0 bridgehead atoms. The predicted molar refractivity (Wildman–Crippen MR) is 69.4 cm³/mol. The summed E-state index contributed by atoms with van der Waals surface area (Å²) in [5.41, 5.74) is 0. The Morgan fingerprint density at radius 2 is 2.29 bits per heavy atom. The Balaban J connectivity index is 1.77. The number of rotatable bonds is 4. The van der Waals surface area contributed by atoms with Crippen LogP contribution in [-0.2, 0) is 4.74 Å². The molecular weight excluding hydrogens is 216 g/mol. The summed E-state index contributed by atoms with van der Waals surface area (Å²) in [5, 5.41) is 6.69. The van der Waals surface area contributed by atoms with E-state index in [4.69, 9.17) is 4.74 Å². The highest BCUT2D eigenvalue weighted by molar-refractivity contribution is 5.80. The molecule has 1 saturated carbocycles. The molecule has 1 atom stereocenters. The summed E-state index contributed by atoms with van der Waals surface area (Å²) in [6.45, 7) is 6.57. The Hall–Kier alpha value is -0.810. The Kier molecular flexibility index (Phi) is 4.62. The monoisotopic (exact) mass is 240 g/mol. The molecule has 2 rings (SSSR count). The lowest BCUT2D eigenvalue weighted by Gasteiger charge is -2.29. The van der Waals surface area contributed by atoms with Crippen LogP contribution in [0.25, 0.3) is 0 Å². The highest BCUT2D eigenvalue weighted by Gasteiger charge is 2.22. The molecule has 2 N–H and O–H groups in total. The summed E-state index contributed by atoms with van der Waals surface area (Å²) >= 11 is 0. The number of ether oxygens (including phenoxy) is 1. The molecular formula is C12H24N4O. The van der Waals surface area contributed by atoms with Crippen LogP contribution in [0, 0.1) is 0 Å². The number of nitrogens with zero attached hydrogens (tertiary/aromatic N) is 2. The van der Waals surface area contributed by atoms with E-state index in [1.165, 1.54) is 12.8 Å². The third kappa shape index (κ3) is 4.52. The Labute approximate surface area is 104 Å². The van der Waals surface area contributed by atoms with Crippen LogP contribution in [0.3, 0.4) is 0 Å². The molecule has 0 aromatic heterocycles. The van der Waals surface area contributed by atoms with Crippen LogP contribution in [0.1, 0.15) is 19.8 Å². The molecule has 2 fully saturated rings. The van der Waals surface area contributed by atoms with E-state index in [1.54, 1.807) is 0 Å². The van der Waals surface area contributed by atoms with Crippen molar-refractivity contribution in [3.63, 3.8) is 0 Å². The zero-order valence-corrected chi connectivity index (χ0v) is 10.9. The van der Waals surface area contributed by atoms with Crippen molar-refractivity contribution in [2.45, 2.75) is 31.9 Å². The van der Waals surface area contributed by atoms with Gasteiger partial charge in [-0.25, -0.2) is 0 Å². The highest BCUT2D eigenvalue weighted by atomic mass is 16.5. The first-order valence-corrected chi connectivity index (χ1v) is 6.63. The van der Waals surface area contributed by atoms with Gasteiger partial charge >= 0.3 is 0 Å². The summed E-state index contributed by atoms with van der Waals surface area (Å²) in [7, 11) is 2.13. The molecule has 1 unspecified atom stereocenters. The Bertz CT molecular complexity index is 265. The van der Waals surface area contributed by atoms with Gasteiger partial charge in [-0.05, 0) is 26.8 Å². The van der Waals surface area contributed by atoms with Gasteiger partial charge in [0.25, 0.3) is 0 Å². The smallest absolute Gasteiger partial charge is 0.191 e. The Morgan fingerprint density at radius 1 is 1.47 bits per heavy atom. The second-order valence-corrected chi connectivity index (χ2v) is 4.89. The van der Waals surface area contributed by atoms with E-state index in [-0.39, 0.29) is 6.10 Å². The average Bonchev–Trinajstić information content (AvgIpc) is 3.10. The quantitative estimate of drug-likeness (QED) is 0.538. The maximum Gasteiger partial charge on any atom is 0.191 e. The van der Waals surface area contributed by atoms with Crippen LogP contribution in [0.15, 0.2) is 4.99 Å². The minimum absolute atomic E-state index is 0.239. The van der Waals surface area contributed by atoms with Crippen molar-refractivity contribution in [1.29, 1.82) is 0 Å². The molecule has 0 radical (unpaired) electrons. The molecule has 0 aromatic rings. The van der Waals surface area contributed by atoms with Crippen molar-refractivity contribution in [3.8, 4) is 0 Å². The van der Waals surface area contributed by atoms with Crippen LogP contribution in [0.2, 0.25) is 0 Å². The van der Waals surface area contributed by atoms with Crippen molar-refractivity contribution in [2.75, 3.05) is 39.8 Å². The number of likely N-dealkylation sites (N-methyl/N-ethyl adjacent to an activating group) is 1. The van der Waals surface area contributed by atoms with Crippen LogP contribution >= 0.6 is 0 Å². The van der Waals surface area contributed by atoms with Crippen LogP contribution in [0.5, 0.6) is 0 Å². The van der Waals surface area contributed by atoms with Crippen molar-refractivity contribution in [3.05, 3.63) is 0 Å². The molecule has 2 aliphatic rings. The maximum absolute atomic E-state index is 5.69. The number of guanidine groups is 1. The van der Waals surface area contributed by atoms with E-state index in [9.17, 15) is 0 Å². The lowest BCUT2D eigenvalue weighted by molar-refractivity contribution is -0.0136. The topological polar surface area (TPSA) is 48.9 Å². The van der Waals surface area contributed by atoms with Gasteiger partial charge in [0.15, 0.2) is 5.96 Å². The number of morpholine rings is 1. The molecule has 0 aromatic carbocycles. The van der Waals surface area contributed by atoms with Crippen LogP contribution < -0.4 is 10.6 Å². The number of hydrogen-bond donors (Lipinski definition) is 2. The SMILES string of the molecule is CCNC(=NCC1CN(C)CCO1)NC1CC1. The summed E-state index contributed by atoms with van der Waals surface area (Å²) in [6.07, 6.45) is 2.78. The third-order valence-corrected chi connectivity index (χ3v) is 3.06. The van der Waals surface area contributed by atoms with Crippen molar-refractivity contribution in [1.82, 2.24) is 15.5 Å². The molecule has 1 aliphatic heterocycles. The minimum atomic E-state index is 0.239. The van der Waals surface area contributed by atoms with E-state index in [0.29, 0.717) is 6.04 Å². The summed E-state index contributed by atoms with van der Waals surface area (Å²) in [6, 6.07) is 0.641. The van der Waals surface area contributed by atoms with Gasteiger partial charge in [0.05, 0.1) is 19.3 Å². The van der Waals surface area contributed by atoms with Gasteiger partial charge in [-0.15, -0.1) is 0 Å². The van der Waals surface area contributed by atoms with E-state index >= 15 is 0 Å². The number of nitrogens with one attached hydrogen (secondary N) is 2. The predicted octanol–water partition coefficient (Wildman–Crippen LogP) is 0.0345. The lowest BCUT2D eigenvalue weighted by Crippen LogP contribution is -2.43. The second kappa shape index (κ2) is 6.21. The van der Waals surface area contributed by atoms with Gasteiger partial charge in [-0.2, -0.15) is 0 Å². The lowest BCUT2D eigenvalue weighted by atomic mass is 10.3. The van der Waals surface area contributed by atoms with Crippen molar-refractivity contribution in [2.24, 2.45) is 4.99 Å². The largest absolute Gasteiger partial charge is 0.374 e. The van der Waals surface area contributed by atoms with Gasteiger partial charge in [0.1, 0.15) is 0 Å². The highest BCUT2D eigenvalue weighted by Crippen LogP contribution is 2.18. The zero-order valence-electron chi connectivity index (χ0n) is 10.9. The normalized spacial score (nSPS) is 26.9. The van der Waals surface area contributed by atoms with Gasteiger partial charge in [-0.1, -0.05) is 0 Å². The molecule has 0 amide bonds. The number of aliphatic imine (C=N–C) groups is 1. The minimum Gasteiger partial charge on any atom is -0.374 e. The molecule has 98 valence electrons. The second-order valence-electron chi connectivity index (χ2n) is 4.89. The first-order chi connectivity index (χ1) is 8.28. The van der Waals surface area contributed by atoms with Gasteiger partial charge in [-0.3, -0.25) is 4.99 Å². The fourth-order valence-corrected chi connectivity index (χ4v) is 1.91. The first kappa shape index (κ1) is 12.6. The average molecular weight is 240 g/mol. The maximum atomic E-state index is 5.69. The molecule has 17 heavy (non-hydrogen) atoms. The van der Waals surface area contributed by atoms with Gasteiger partial charge in [0.2, 0.25) is 0 Å². The number of hydrogen-bond acceptors (Lipinski definition) is 3. The molecule has 5 heteroatoms. The molecule has 1 heterocycles. The molecule has 1 saturated heterocycles. The van der Waals surface area contributed by atoms with Crippen LogP contribution in [0.4, 0.5) is 0 Å². The fraction of sp³-hybridized carbons (Fsp3) is 0.917.